The third-order valence-corrected chi connectivity index (χ3v) is 5.17. The molecule has 0 amide bonds. The van der Waals surface area contributed by atoms with Crippen LogP contribution in [0.15, 0.2) is 103 Å². The van der Waals surface area contributed by atoms with Gasteiger partial charge < -0.3 is 9.64 Å². The second-order valence-corrected chi connectivity index (χ2v) is 6.97. The largest absolute Gasteiger partial charge is 0.497 e. The summed E-state index contributed by atoms with van der Waals surface area (Å²) in [5.41, 5.74) is 7.14. The van der Waals surface area contributed by atoms with E-state index in [1.807, 2.05) is 18.2 Å². The Morgan fingerprint density at radius 2 is 1.07 bits per heavy atom. The molecule has 0 fully saturated rings. The summed E-state index contributed by atoms with van der Waals surface area (Å²) in [6.07, 6.45) is 1.04. The highest BCUT2D eigenvalue weighted by Gasteiger charge is 2.13. The maximum atomic E-state index is 5.34. The van der Waals surface area contributed by atoms with Gasteiger partial charge in [0.25, 0.3) is 0 Å². The van der Waals surface area contributed by atoms with Crippen LogP contribution in [0.25, 0.3) is 11.1 Å². The number of methoxy groups -OCH3 is 1. The number of aryl methyl sites for hydroxylation is 1. The molecule has 4 rings (SSSR count). The summed E-state index contributed by atoms with van der Waals surface area (Å²) in [4.78, 5) is 2.27. The van der Waals surface area contributed by atoms with Crippen LogP contribution in [-0.2, 0) is 6.42 Å². The predicted octanol–water partition coefficient (Wildman–Crippen LogP) is 7.39. The Morgan fingerprint density at radius 1 is 0.586 bits per heavy atom. The van der Waals surface area contributed by atoms with Crippen LogP contribution in [0, 0.1) is 0 Å². The molecule has 0 unspecified atom stereocenters. The lowest BCUT2D eigenvalue weighted by atomic mass is 10.0. The van der Waals surface area contributed by atoms with Gasteiger partial charge in [-0.25, -0.2) is 0 Å². The zero-order chi connectivity index (χ0) is 20.1. The van der Waals surface area contributed by atoms with Gasteiger partial charge in [0.2, 0.25) is 0 Å². The maximum absolute atomic E-state index is 5.34. The number of nitrogens with zero attached hydrogens (tertiary/aromatic N) is 1. The van der Waals surface area contributed by atoms with Gasteiger partial charge in [0.1, 0.15) is 5.75 Å². The summed E-state index contributed by atoms with van der Waals surface area (Å²) < 4.78 is 5.34. The van der Waals surface area contributed by atoms with Crippen molar-refractivity contribution in [2.45, 2.75) is 13.3 Å². The topological polar surface area (TPSA) is 12.5 Å². The number of hydrogen-bond acceptors (Lipinski definition) is 2. The van der Waals surface area contributed by atoms with Crippen LogP contribution in [0.2, 0.25) is 0 Å². The van der Waals surface area contributed by atoms with Crippen LogP contribution < -0.4 is 9.64 Å². The van der Waals surface area contributed by atoms with Crippen molar-refractivity contribution in [3.8, 4) is 16.9 Å². The molecule has 0 saturated carbocycles. The average molecular weight is 380 g/mol. The number of benzene rings is 4. The quantitative estimate of drug-likeness (QED) is 0.346. The molecule has 0 atom stereocenters. The standard InChI is InChI=1S/C27H25NO/c1-3-21-9-13-24(14-10-21)28(26-17-19-27(29-2)20-18-26)25-15-11-23(12-16-25)22-7-5-4-6-8-22/h4-20H,3H2,1-2H3. The molecule has 29 heavy (non-hydrogen) atoms. The SMILES string of the molecule is CCc1ccc(N(c2ccc(OC)cc2)c2ccc(-c3ccccc3)cc2)cc1. The number of rotatable bonds is 6. The Morgan fingerprint density at radius 3 is 1.59 bits per heavy atom. The van der Waals surface area contributed by atoms with Crippen molar-refractivity contribution < 1.29 is 4.74 Å². The molecule has 0 radical (unpaired) electrons. The van der Waals surface area contributed by atoms with Gasteiger partial charge in [-0.3, -0.25) is 0 Å². The third kappa shape index (κ3) is 4.17. The lowest BCUT2D eigenvalue weighted by molar-refractivity contribution is 0.415. The fourth-order valence-corrected chi connectivity index (χ4v) is 3.49. The second-order valence-electron chi connectivity index (χ2n) is 6.97. The lowest BCUT2D eigenvalue weighted by Crippen LogP contribution is -2.09. The maximum Gasteiger partial charge on any atom is 0.119 e. The van der Waals surface area contributed by atoms with Gasteiger partial charge in [-0.1, -0.05) is 61.5 Å². The van der Waals surface area contributed by atoms with Crippen molar-refractivity contribution in [3.63, 3.8) is 0 Å². The first-order valence-electron chi connectivity index (χ1n) is 9.97. The van der Waals surface area contributed by atoms with Gasteiger partial charge in [-0.2, -0.15) is 0 Å². The molecular weight excluding hydrogens is 354 g/mol. The van der Waals surface area contributed by atoms with Crippen molar-refractivity contribution >= 4 is 17.1 Å². The first-order valence-corrected chi connectivity index (χ1v) is 9.97. The summed E-state index contributed by atoms with van der Waals surface area (Å²) in [6, 6.07) is 36.2. The molecule has 0 saturated heterocycles. The van der Waals surface area contributed by atoms with E-state index in [4.69, 9.17) is 4.74 Å². The van der Waals surface area contributed by atoms with Crippen LogP contribution in [0.4, 0.5) is 17.1 Å². The van der Waals surface area contributed by atoms with Gasteiger partial charge in [0.05, 0.1) is 7.11 Å². The molecule has 0 N–H and O–H groups in total. The predicted molar refractivity (Wildman–Crippen MR) is 122 cm³/mol. The van der Waals surface area contributed by atoms with E-state index in [9.17, 15) is 0 Å². The molecule has 0 aliphatic carbocycles. The summed E-state index contributed by atoms with van der Waals surface area (Å²) in [5.74, 6) is 0.856. The highest BCUT2D eigenvalue weighted by molar-refractivity contribution is 5.78. The molecule has 2 nitrogen and oxygen atoms in total. The number of hydrogen-bond donors (Lipinski definition) is 0. The lowest BCUT2D eigenvalue weighted by Gasteiger charge is -2.26. The van der Waals surface area contributed by atoms with Crippen molar-refractivity contribution in [1.29, 1.82) is 0 Å². The smallest absolute Gasteiger partial charge is 0.119 e. The molecule has 0 aromatic heterocycles. The van der Waals surface area contributed by atoms with Gasteiger partial charge in [-0.05, 0) is 71.6 Å². The van der Waals surface area contributed by atoms with E-state index < -0.39 is 0 Å². The Balaban J connectivity index is 1.74. The van der Waals surface area contributed by atoms with E-state index in [0.29, 0.717) is 0 Å². The Bertz CT molecular complexity index is 989. The van der Waals surface area contributed by atoms with E-state index in [-0.39, 0.29) is 0 Å². The molecule has 0 heterocycles. The molecular formula is C27H25NO. The Hall–Kier alpha value is -3.52. The molecule has 0 spiro atoms. The van der Waals surface area contributed by atoms with Gasteiger partial charge >= 0.3 is 0 Å². The van der Waals surface area contributed by atoms with Crippen molar-refractivity contribution in [2.75, 3.05) is 12.0 Å². The molecule has 144 valence electrons. The monoisotopic (exact) mass is 379 g/mol. The zero-order valence-electron chi connectivity index (χ0n) is 16.9. The first-order chi connectivity index (χ1) is 14.3. The molecule has 4 aromatic rings. The molecule has 2 heteroatoms. The van der Waals surface area contributed by atoms with Crippen LogP contribution in [0.3, 0.4) is 0 Å². The zero-order valence-corrected chi connectivity index (χ0v) is 16.9. The Kier molecular flexibility index (Phi) is 5.62. The van der Waals surface area contributed by atoms with Crippen molar-refractivity contribution in [2.24, 2.45) is 0 Å². The normalized spacial score (nSPS) is 10.6. The highest BCUT2D eigenvalue weighted by Crippen LogP contribution is 2.36. The van der Waals surface area contributed by atoms with Gasteiger partial charge in [0, 0.05) is 17.1 Å². The number of anilines is 3. The summed E-state index contributed by atoms with van der Waals surface area (Å²) in [6.45, 7) is 2.18. The Labute approximate surface area is 173 Å². The average Bonchev–Trinajstić information content (AvgIpc) is 2.81. The van der Waals surface area contributed by atoms with Crippen LogP contribution in [-0.4, -0.2) is 7.11 Å². The van der Waals surface area contributed by atoms with Crippen molar-refractivity contribution in [1.82, 2.24) is 0 Å². The van der Waals surface area contributed by atoms with Crippen molar-refractivity contribution in [3.05, 3.63) is 109 Å². The fraction of sp³-hybridized carbons (Fsp3) is 0.111. The first kappa shape index (κ1) is 18.8. The van der Waals surface area contributed by atoms with E-state index >= 15 is 0 Å². The second kappa shape index (κ2) is 8.66. The number of ether oxygens (including phenoxy) is 1. The van der Waals surface area contributed by atoms with Gasteiger partial charge in [-0.15, -0.1) is 0 Å². The van der Waals surface area contributed by atoms with Crippen LogP contribution in [0.1, 0.15) is 12.5 Å². The summed E-state index contributed by atoms with van der Waals surface area (Å²) in [7, 11) is 1.69. The highest BCUT2D eigenvalue weighted by atomic mass is 16.5. The summed E-state index contributed by atoms with van der Waals surface area (Å²) >= 11 is 0. The fourth-order valence-electron chi connectivity index (χ4n) is 3.49. The van der Waals surface area contributed by atoms with E-state index in [1.54, 1.807) is 7.11 Å². The molecule has 0 bridgehead atoms. The van der Waals surface area contributed by atoms with E-state index in [2.05, 4.69) is 96.8 Å². The van der Waals surface area contributed by atoms with Gasteiger partial charge in [0.15, 0.2) is 0 Å². The molecule has 4 aromatic carbocycles. The molecule has 0 aliphatic rings. The van der Waals surface area contributed by atoms with E-state index in [0.717, 1.165) is 29.2 Å². The third-order valence-electron chi connectivity index (χ3n) is 5.17. The minimum Gasteiger partial charge on any atom is -0.497 e. The van der Waals surface area contributed by atoms with Crippen LogP contribution >= 0.6 is 0 Å². The molecule has 0 aliphatic heterocycles. The summed E-state index contributed by atoms with van der Waals surface area (Å²) in [5, 5.41) is 0. The van der Waals surface area contributed by atoms with Crippen LogP contribution in [0.5, 0.6) is 5.75 Å². The minimum absolute atomic E-state index is 0.856. The minimum atomic E-state index is 0.856. The van der Waals surface area contributed by atoms with E-state index in [1.165, 1.54) is 16.7 Å².